The van der Waals surface area contributed by atoms with E-state index in [2.05, 4.69) is 5.32 Å². The minimum Gasteiger partial charge on any atom is -0.352 e. The third kappa shape index (κ3) is 3.44. The lowest BCUT2D eigenvalue weighted by atomic mass is 9.64. The van der Waals surface area contributed by atoms with Crippen molar-refractivity contribution in [2.45, 2.75) is 17.5 Å². The van der Waals surface area contributed by atoms with E-state index in [0.717, 1.165) is 11.3 Å². The van der Waals surface area contributed by atoms with Crippen molar-refractivity contribution in [3.05, 3.63) is 135 Å². The van der Waals surface area contributed by atoms with E-state index >= 15 is 0 Å². The zero-order chi connectivity index (χ0) is 27.6. The third-order valence-electron chi connectivity index (χ3n) is 8.33. The summed E-state index contributed by atoms with van der Waals surface area (Å²) in [4.78, 5) is 45.5. The van der Waals surface area contributed by atoms with Crippen LogP contribution < -0.4 is 10.2 Å². The molecule has 7 rings (SSSR count). The normalized spacial score (nSPS) is 23.9. The number of carbonyl (C=O) groups is 3. The molecular weight excluding hydrogens is 543 g/mol. The van der Waals surface area contributed by atoms with E-state index in [-0.39, 0.29) is 17.5 Å². The average Bonchev–Trinajstić information content (AvgIpc) is 3.45. The SMILES string of the molecule is O=C(c1ccccc1)[C@@H]1[C@H](C(=O)c2ccc(Cl)cc2)[C@@]2(C(=O)Nc3ccccc32)[C@@H]2C=Cc3cc(Cl)ccc3N12. The Morgan fingerprint density at radius 3 is 2.23 bits per heavy atom. The van der Waals surface area contributed by atoms with E-state index < -0.39 is 23.4 Å². The van der Waals surface area contributed by atoms with Crippen LogP contribution in [0.5, 0.6) is 0 Å². The number of anilines is 2. The van der Waals surface area contributed by atoms with Gasteiger partial charge in [0.1, 0.15) is 11.5 Å². The Morgan fingerprint density at radius 2 is 1.45 bits per heavy atom. The molecule has 4 aromatic carbocycles. The number of benzene rings is 4. The highest BCUT2D eigenvalue weighted by molar-refractivity contribution is 6.31. The van der Waals surface area contributed by atoms with Crippen LogP contribution in [0.25, 0.3) is 6.08 Å². The van der Waals surface area contributed by atoms with Crippen LogP contribution in [-0.4, -0.2) is 29.6 Å². The molecule has 5 nitrogen and oxygen atoms in total. The molecule has 4 atom stereocenters. The standard InChI is InChI=1S/C33H22Cl2N2O3/c34-22-13-10-20(11-14-22)30(38)28-29(31(39)19-6-2-1-3-7-19)37-26-16-15-23(35)18-21(26)12-17-27(37)33(28)24-8-4-5-9-25(24)36-32(33)40/h1-18,27-29H,(H,36,40)/t27-,28+,29-,33-/m0/s1. The van der Waals surface area contributed by atoms with Crippen molar-refractivity contribution in [1.82, 2.24) is 0 Å². The molecule has 0 saturated carbocycles. The van der Waals surface area contributed by atoms with Gasteiger partial charge in [0.15, 0.2) is 11.6 Å². The van der Waals surface area contributed by atoms with Crippen LogP contribution in [0.2, 0.25) is 10.0 Å². The third-order valence-corrected chi connectivity index (χ3v) is 8.82. The van der Waals surface area contributed by atoms with E-state index in [4.69, 9.17) is 23.2 Å². The van der Waals surface area contributed by atoms with Gasteiger partial charge in [-0.2, -0.15) is 0 Å². The van der Waals surface area contributed by atoms with Gasteiger partial charge in [-0.05, 0) is 59.7 Å². The Bertz CT molecular complexity index is 1730. The summed E-state index contributed by atoms with van der Waals surface area (Å²) in [6.45, 7) is 0. The number of hydrogen-bond donors (Lipinski definition) is 1. The molecule has 3 aliphatic rings. The predicted molar refractivity (Wildman–Crippen MR) is 157 cm³/mol. The van der Waals surface area contributed by atoms with E-state index in [1.54, 1.807) is 54.6 Å². The number of carbonyl (C=O) groups excluding carboxylic acids is 3. The summed E-state index contributed by atoms with van der Waals surface area (Å²) in [7, 11) is 0. The highest BCUT2D eigenvalue weighted by Gasteiger charge is 2.70. The molecule has 1 N–H and O–H groups in total. The lowest BCUT2D eigenvalue weighted by Gasteiger charge is -2.37. The zero-order valence-corrected chi connectivity index (χ0v) is 22.6. The smallest absolute Gasteiger partial charge is 0.238 e. The first kappa shape index (κ1) is 24.8. The van der Waals surface area contributed by atoms with Crippen LogP contribution in [0.3, 0.4) is 0 Å². The molecule has 1 saturated heterocycles. The summed E-state index contributed by atoms with van der Waals surface area (Å²) < 4.78 is 0. The summed E-state index contributed by atoms with van der Waals surface area (Å²) in [5.74, 6) is -1.87. The first-order chi connectivity index (χ1) is 19.4. The maximum atomic E-state index is 14.7. The zero-order valence-electron chi connectivity index (χ0n) is 21.1. The van der Waals surface area contributed by atoms with Gasteiger partial charge in [0, 0.05) is 32.5 Å². The first-order valence-electron chi connectivity index (χ1n) is 13.0. The fourth-order valence-corrected chi connectivity index (χ4v) is 7.02. The van der Waals surface area contributed by atoms with Gasteiger partial charge >= 0.3 is 0 Å². The number of rotatable bonds is 4. The maximum Gasteiger partial charge on any atom is 0.238 e. The average molecular weight is 565 g/mol. The molecule has 4 aromatic rings. The van der Waals surface area contributed by atoms with Crippen molar-refractivity contribution < 1.29 is 14.4 Å². The van der Waals surface area contributed by atoms with Crippen molar-refractivity contribution in [2.75, 3.05) is 10.2 Å². The minimum atomic E-state index is -1.36. The molecular formula is C33H22Cl2N2O3. The van der Waals surface area contributed by atoms with Crippen molar-refractivity contribution >= 4 is 58.1 Å². The van der Waals surface area contributed by atoms with Crippen molar-refractivity contribution in [2.24, 2.45) is 5.92 Å². The molecule has 1 amide bonds. The van der Waals surface area contributed by atoms with E-state index in [9.17, 15) is 14.4 Å². The fourth-order valence-electron chi connectivity index (χ4n) is 6.72. The first-order valence-corrected chi connectivity index (χ1v) is 13.7. The Labute approximate surface area is 241 Å². The Balaban J connectivity index is 1.54. The van der Waals surface area contributed by atoms with Gasteiger partial charge in [-0.15, -0.1) is 0 Å². The van der Waals surface area contributed by atoms with Gasteiger partial charge in [-0.1, -0.05) is 83.9 Å². The molecule has 3 aliphatic heterocycles. The summed E-state index contributed by atoms with van der Waals surface area (Å²) in [6, 6.07) is 26.9. The molecule has 40 heavy (non-hydrogen) atoms. The quantitative estimate of drug-likeness (QED) is 0.275. The molecule has 1 fully saturated rings. The molecule has 0 bridgehead atoms. The predicted octanol–water partition coefficient (Wildman–Crippen LogP) is 6.85. The van der Waals surface area contributed by atoms with Gasteiger partial charge in [0.25, 0.3) is 0 Å². The molecule has 0 aliphatic carbocycles. The maximum absolute atomic E-state index is 14.7. The van der Waals surface area contributed by atoms with Gasteiger partial charge in [0.05, 0.1) is 12.0 Å². The minimum absolute atomic E-state index is 0.233. The number of nitrogens with one attached hydrogen (secondary N) is 1. The lowest BCUT2D eigenvalue weighted by Crippen LogP contribution is -2.51. The Kier molecular flexibility index (Phi) is 5.70. The number of amides is 1. The topological polar surface area (TPSA) is 66.5 Å². The molecule has 0 radical (unpaired) electrons. The summed E-state index contributed by atoms with van der Waals surface area (Å²) in [6.07, 6.45) is 3.86. The van der Waals surface area contributed by atoms with Gasteiger partial charge in [0.2, 0.25) is 5.91 Å². The van der Waals surface area contributed by atoms with Gasteiger partial charge < -0.3 is 10.2 Å². The summed E-state index contributed by atoms with van der Waals surface area (Å²) in [5.41, 5.74) is 2.39. The number of nitrogens with zero attached hydrogens (tertiary/aromatic N) is 1. The molecule has 0 unspecified atom stereocenters. The van der Waals surface area contributed by atoms with E-state index in [1.165, 1.54) is 0 Å². The highest BCUT2D eigenvalue weighted by Crippen LogP contribution is 2.58. The Morgan fingerprint density at radius 1 is 0.775 bits per heavy atom. The summed E-state index contributed by atoms with van der Waals surface area (Å²) >= 11 is 12.5. The number of halogens is 2. The van der Waals surface area contributed by atoms with Crippen molar-refractivity contribution in [3.8, 4) is 0 Å². The second kappa shape index (κ2) is 9.19. The highest BCUT2D eigenvalue weighted by atomic mass is 35.5. The molecule has 1 spiro atoms. The second-order valence-electron chi connectivity index (χ2n) is 10.3. The van der Waals surface area contributed by atoms with Crippen LogP contribution in [0, 0.1) is 5.92 Å². The Hall–Kier alpha value is -4.19. The van der Waals surface area contributed by atoms with Crippen molar-refractivity contribution in [1.29, 1.82) is 0 Å². The van der Waals surface area contributed by atoms with Crippen LogP contribution in [0.4, 0.5) is 11.4 Å². The molecule has 7 heteroatoms. The summed E-state index contributed by atoms with van der Waals surface area (Å²) in [5, 5.41) is 4.08. The number of Topliss-reactive ketones (excluding diaryl/α,β-unsaturated/α-hetero) is 2. The number of para-hydroxylation sites is 1. The number of ketones is 2. The number of hydrogen-bond acceptors (Lipinski definition) is 4. The lowest BCUT2D eigenvalue weighted by molar-refractivity contribution is -0.121. The van der Waals surface area contributed by atoms with Crippen LogP contribution in [0.1, 0.15) is 31.8 Å². The van der Waals surface area contributed by atoms with Gasteiger partial charge in [-0.25, -0.2) is 0 Å². The second-order valence-corrected chi connectivity index (χ2v) is 11.2. The van der Waals surface area contributed by atoms with E-state index in [1.807, 2.05) is 59.5 Å². The monoisotopic (exact) mass is 564 g/mol. The van der Waals surface area contributed by atoms with Crippen LogP contribution in [-0.2, 0) is 10.2 Å². The van der Waals surface area contributed by atoms with Crippen LogP contribution >= 0.6 is 23.2 Å². The van der Waals surface area contributed by atoms with Gasteiger partial charge in [-0.3, -0.25) is 14.4 Å². The molecule has 196 valence electrons. The molecule has 0 aromatic heterocycles. The largest absolute Gasteiger partial charge is 0.352 e. The van der Waals surface area contributed by atoms with Crippen LogP contribution in [0.15, 0.2) is 103 Å². The molecule has 3 heterocycles. The number of fused-ring (bicyclic) bond motifs is 6. The van der Waals surface area contributed by atoms with Crippen molar-refractivity contribution in [3.63, 3.8) is 0 Å². The van der Waals surface area contributed by atoms with E-state index in [0.29, 0.717) is 32.4 Å². The fraction of sp³-hybridized carbons (Fsp3) is 0.121.